The number of anilines is 1. The highest BCUT2D eigenvalue weighted by Crippen LogP contribution is 2.24. The minimum atomic E-state index is 0.681. The third-order valence-electron chi connectivity index (χ3n) is 3.09. The van der Waals surface area contributed by atoms with Crippen LogP contribution in [0.4, 0.5) is 5.00 Å². The van der Waals surface area contributed by atoms with E-state index < -0.39 is 0 Å². The van der Waals surface area contributed by atoms with Crippen LogP contribution in [-0.2, 0) is 13.1 Å². The fourth-order valence-corrected chi connectivity index (χ4v) is 2.63. The SMILES string of the molecule is NNc1snnc1CN1CCOc2ccccc2C1. The Hall–Kier alpha value is -1.70. The molecule has 0 amide bonds. The third kappa shape index (κ3) is 2.67. The van der Waals surface area contributed by atoms with Gasteiger partial charge in [0.2, 0.25) is 0 Å². The molecular formula is C12H15N5OS. The van der Waals surface area contributed by atoms with Gasteiger partial charge in [0.15, 0.2) is 0 Å². The van der Waals surface area contributed by atoms with Gasteiger partial charge in [0.05, 0.1) is 0 Å². The lowest BCUT2D eigenvalue weighted by Crippen LogP contribution is -2.26. The quantitative estimate of drug-likeness (QED) is 0.649. The van der Waals surface area contributed by atoms with Crippen LogP contribution in [0.5, 0.6) is 5.75 Å². The molecule has 0 saturated heterocycles. The Bertz CT molecular complexity index is 559. The van der Waals surface area contributed by atoms with Crippen molar-refractivity contribution in [3.8, 4) is 5.75 Å². The van der Waals surface area contributed by atoms with Crippen LogP contribution in [0.25, 0.3) is 0 Å². The molecule has 6 nitrogen and oxygen atoms in total. The van der Waals surface area contributed by atoms with E-state index in [0.717, 1.165) is 29.5 Å². The Labute approximate surface area is 115 Å². The molecule has 1 aromatic heterocycles. The highest BCUT2D eigenvalue weighted by atomic mass is 32.1. The number of hydrogen-bond donors (Lipinski definition) is 2. The first kappa shape index (κ1) is 12.3. The maximum atomic E-state index is 5.74. The molecule has 2 heterocycles. The van der Waals surface area contributed by atoms with Gasteiger partial charge in [0.25, 0.3) is 0 Å². The minimum Gasteiger partial charge on any atom is -0.492 e. The van der Waals surface area contributed by atoms with Crippen LogP contribution in [0.15, 0.2) is 24.3 Å². The second-order valence-electron chi connectivity index (χ2n) is 4.36. The molecule has 1 aromatic carbocycles. The summed E-state index contributed by atoms with van der Waals surface area (Å²) < 4.78 is 9.66. The molecule has 3 rings (SSSR count). The van der Waals surface area contributed by atoms with E-state index in [0.29, 0.717) is 13.2 Å². The summed E-state index contributed by atoms with van der Waals surface area (Å²) in [5, 5.41) is 4.93. The van der Waals surface area contributed by atoms with Crippen LogP contribution in [0.1, 0.15) is 11.3 Å². The summed E-state index contributed by atoms with van der Waals surface area (Å²) in [5.41, 5.74) is 4.72. The molecule has 0 atom stereocenters. The predicted molar refractivity (Wildman–Crippen MR) is 73.8 cm³/mol. The number of nitrogens with two attached hydrogens (primary N) is 1. The van der Waals surface area contributed by atoms with Gasteiger partial charge in [-0.15, -0.1) is 5.10 Å². The number of fused-ring (bicyclic) bond motifs is 1. The number of nitrogens with one attached hydrogen (secondary N) is 1. The minimum absolute atomic E-state index is 0.681. The lowest BCUT2D eigenvalue weighted by atomic mass is 10.2. The Morgan fingerprint density at radius 1 is 1.42 bits per heavy atom. The molecule has 1 aliphatic rings. The molecule has 100 valence electrons. The number of ether oxygens (including phenoxy) is 1. The maximum absolute atomic E-state index is 5.74. The second kappa shape index (κ2) is 5.52. The van der Waals surface area contributed by atoms with Crippen LogP contribution in [-0.4, -0.2) is 27.6 Å². The highest BCUT2D eigenvalue weighted by Gasteiger charge is 2.17. The topological polar surface area (TPSA) is 76.3 Å². The van der Waals surface area contributed by atoms with Gasteiger partial charge < -0.3 is 10.2 Å². The van der Waals surface area contributed by atoms with Gasteiger partial charge >= 0.3 is 0 Å². The first-order chi connectivity index (χ1) is 9.36. The monoisotopic (exact) mass is 277 g/mol. The van der Waals surface area contributed by atoms with E-state index in [1.807, 2.05) is 18.2 Å². The Morgan fingerprint density at radius 2 is 2.32 bits per heavy atom. The summed E-state index contributed by atoms with van der Waals surface area (Å²) in [7, 11) is 0. The van der Waals surface area contributed by atoms with Crippen molar-refractivity contribution in [3.63, 3.8) is 0 Å². The number of nitrogens with zero attached hydrogens (tertiary/aromatic N) is 3. The highest BCUT2D eigenvalue weighted by molar-refractivity contribution is 7.10. The normalized spacial score (nSPS) is 15.4. The van der Waals surface area contributed by atoms with Gasteiger partial charge in [-0.25, -0.2) is 5.84 Å². The molecular weight excluding hydrogens is 262 g/mol. The van der Waals surface area contributed by atoms with Crippen LogP contribution >= 0.6 is 11.5 Å². The van der Waals surface area contributed by atoms with E-state index in [1.54, 1.807) is 0 Å². The van der Waals surface area contributed by atoms with Gasteiger partial charge in [-0.3, -0.25) is 4.90 Å². The molecule has 0 radical (unpaired) electrons. The van der Waals surface area contributed by atoms with E-state index in [-0.39, 0.29) is 0 Å². The first-order valence-electron chi connectivity index (χ1n) is 6.07. The number of nitrogen functional groups attached to an aromatic ring is 1. The third-order valence-corrected chi connectivity index (χ3v) is 3.79. The summed E-state index contributed by atoms with van der Waals surface area (Å²) in [6, 6.07) is 8.13. The average Bonchev–Trinajstić information content (AvgIpc) is 2.77. The molecule has 0 aliphatic carbocycles. The summed E-state index contributed by atoms with van der Waals surface area (Å²) in [6.07, 6.45) is 0. The molecule has 0 saturated carbocycles. The van der Waals surface area contributed by atoms with Gasteiger partial charge in [-0.1, -0.05) is 22.7 Å². The summed E-state index contributed by atoms with van der Waals surface area (Å²) in [5.74, 6) is 6.42. The zero-order valence-electron chi connectivity index (χ0n) is 10.4. The molecule has 7 heteroatoms. The van der Waals surface area contributed by atoms with Crippen LogP contribution in [0.3, 0.4) is 0 Å². The van der Waals surface area contributed by atoms with E-state index in [4.69, 9.17) is 10.6 Å². The van der Waals surface area contributed by atoms with Crippen molar-refractivity contribution >= 4 is 16.5 Å². The number of rotatable bonds is 3. The van der Waals surface area contributed by atoms with Crippen molar-refractivity contribution in [1.29, 1.82) is 0 Å². The molecule has 0 spiro atoms. The van der Waals surface area contributed by atoms with Gasteiger partial charge in [-0.2, -0.15) is 0 Å². The summed E-state index contributed by atoms with van der Waals surface area (Å²) in [6.45, 7) is 3.10. The van der Waals surface area contributed by atoms with Crippen LogP contribution in [0, 0.1) is 0 Å². The molecule has 1 aliphatic heterocycles. The average molecular weight is 277 g/mol. The second-order valence-corrected chi connectivity index (χ2v) is 5.11. The van der Waals surface area contributed by atoms with E-state index in [2.05, 4.69) is 26.0 Å². The molecule has 2 aromatic rings. The van der Waals surface area contributed by atoms with E-state index in [9.17, 15) is 0 Å². The van der Waals surface area contributed by atoms with Crippen LogP contribution < -0.4 is 16.0 Å². The smallest absolute Gasteiger partial charge is 0.148 e. The maximum Gasteiger partial charge on any atom is 0.148 e. The fraction of sp³-hybridized carbons (Fsp3) is 0.333. The van der Waals surface area contributed by atoms with Crippen molar-refractivity contribution in [2.24, 2.45) is 5.84 Å². The summed E-state index contributed by atoms with van der Waals surface area (Å²) >= 11 is 1.27. The number of aromatic nitrogens is 2. The fourth-order valence-electron chi connectivity index (χ4n) is 2.15. The van der Waals surface area contributed by atoms with E-state index >= 15 is 0 Å². The van der Waals surface area contributed by atoms with Crippen molar-refractivity contribution in [1.82, 2.24) is 14.5 Å². The lowest BCUT2D eigenvalue weighted by molar-refractivity contribution is 0.218. The summed E-state index contributed by atoms with van der Waals surface area (Å²) in [4.78, 5) is 2.28. The zero-order chi connectivity index (χ0) is 13.1. The number of hydrazine groups is 1. The number of benzene rings is 1. The van der Waals surface area contributed by atoms with Crippen molar-refractivity contribution in [3.05, 3.63) is 35.5 Å². The Morgan fingerprint density at radius 3 is 3.21 bits per heavy atom. The number of hydrogen-bond acceptors (Lipinski definition) is 7. The molecule has 0 bridgehead atoms. The Kier molecular flexibility index (Phi) is 3.58. The largest absolute Gasteiger partial charge is 0.492 e. The lowest BCUT2D eigenvalue weighted by Gasteiger charge is -2.18. The van der Waals surface area contributed by atoms with Gasteiger partial charge in [0.1, 0.15) is 23.1 Å². The standard InChI is InChI=1S/C12H15N5OS/c13-14-12-10(15-16-19-12)8-17-5-6-18-11-4-2-1-3-9(11)7-17/h1-4,14H,5-8,13H2. The molecule has 0 fully saturated rings. The van der Waals surface area contributed by atoms with Gasteiger partial charge in [0, 0.05) is 36.7 Å². The molecule has 0 unspecified atom stereocenters. The molecule has 3 N–H and O–H groups in total. The Balaban J connectivity index is 1.76. The zero-order valence-corrected chi connectivity index (χ0v) is 11.2. The first-order valence-corrected chi connectivity index (χ1v) is 6.85. The molecule has 19 heavy (non-hydrogen) atoms. The van der Waals surface area contributed by atoms with E-state index in [1.165, 1.54) is 17.1 Å². The van der Waals surface area contributed by atoms with Crippen molar-refractivity contribution < 1.29 is 4.74 Å². The van der Waals surface area contributed by atoms with Crippen molar-refractivity contribution in [2.45, 2.75) is 13.1 Å². The predicted octanol–water partition coefficient (Wildman–Crippen LogP) is 1.22. The van der Waals surface area contributed by atoms with Crippen molar-refractivity contribution in [2.75, 3.05) is 18.6 Å². The number of para-hydroxylation sites is 1. The van der Waals surface area contributed by atoms with Gasteiger partial charge in [-0.05, 0) is 6.07 Å². The van der Waals surface area contributed by atoms with Crippen LogP contribution in [0.2, 0.25) is 0 Å².